The first-order valence-corrected chi connectivity index (χ1v) is 5.09. The molecule has 0 aromatic heterocycles. The van der Waals surface area contributed by atoms with Crippen molar-refractivity contribution in [2.45, 2.75) is 37.2 Å². The van der Waals surface area contributed by atoms with E-state index >= 15 is 0 Å². The zero-order valence-corrected chi connectivity index (χ0v) is 7.66. The Morgan fingerprint density at radius 1 is 1.15 bits per heavy atom. The lowest BCUT2D eigenvalue weighted by Gasteiger charge is -2.28. The topological polar surface area (TPSA) is 20.2 Å². The normalized spacial score (nSPS) is 28.5. The average Bonchev–Trinajstić information content (AvgIpc) is 2.94. The maximum Gasteiger partial charge on any atom is 0.0793 e. The Morgan fingerprint density at radius 3 is 2.69 bits per heavy atom. The van der Waals surface area contributed by atoms with Crippen LogP contribution in [0.15, 0.2) is 24.3 Å². The molecule has 1 atom stereocenters. The van der Waals surface area contributed by atoms with Crippen molar-refractivity contribution in [2.75, 3.05) is 0 Å². The van der Waals surface area contributed by atoms with Crippen molar-refractivity contribution in [3.05, 3.63) is 35.4 Å². The summed E-state index contributed by atoms with van der Waals surface area (Å²) in [7, 11) is 0. The number of rotatable bonds is 0. The Kier molecular flexibility index (Phi) is 1.37. The molecule has 2 aliphatic carbocycles. The van der Waals surface area contributed by atoms with Gasteiger partial charge in [0.15, 0.2) is 0 Å². The number of fused-ring (bicyclic) bond motifs is 2. The van der Waals surface area contributed by atoms with Crippen LogP contribution in [-0.4, -0.2) is 5.11 Å². The monoisotopic (exact) mass is 174 g/mol. The quantitative estimate of drug-likeness (QED) is 0.641. The van der Waals surface area contributed by atoms with Gasteiger partial charge in [-0.15, -0.1) is 0 Å². The van der Waals surface area contributed by atoms with E-state index in [0.29, 0.717) is 5.41 Å². The Bertz CT molecular complexity index is 339. The van der Waals surface area contributed by atoms with E-state index in [9.17, 15) is 5.11 Å². The Morgan fingerprint density at radius 2 is 1.92 bits per heavy atom. The minimum absolute atomic E-state index is 0.206. The molecule has 1 N–H and O–H groups in total. The van der Waals surface area contributed by atoms with E-state index in [2.05, 4.69) is 18.2 Å². The molecule has 1 unspecified atom stereocenters. The molecule has 1 fully saturated rings. The van der Waals surface area contributed by atoms with E-state index in [1.54, 1.807) is 0 Å². The van der Waals surface area contributed by atoms with Gasteiger partial charge in [0.2, 0.25) is 0 Å². The Labute approximate surface area is 78.4 Å². The summed E-state index contributed by atoms with van der Waals surface area (Å²) in [6.45, 7) is 0. The smallest absolute Gasteiger partial charge is 0.0793 e. The lowest BCUT2D eigenvalue weighted by molar-refractivity contribution is 0.148. The van der Waals surface area contributed by atoms with E-state index in [1.165, 1.54) is 30.4 Å². The Balaban J connectivity index is 2.16. The molecular formula is C12H14O. The number of aliphatic hydroxyl groups is 1. The molecule has 0 aliphatic heterocycles. The summed E-state index contributed by atoms with van der Waals surface area (Å²) in [5.74, 6) is 0. The van der Waals surface area contributed by atoms with Crippen LogP contribution in [0.4, 0.5) is 0 Å². The third-order valence-corrected chi connectivity index (χ3v) is 3.64. The first kappa shape index (κ1) is 7.57. The van der Waals surface area contributed by atoms with Gasteiger partial charge in [-0.2, -0.15) is 0 Å². The standard InChI is InChI=1S/C12H14O/c13-11-5-6-12(7-8-12)10-4-2-1-3-9(10)11/h1-4,11,13H,5-8H2. The highest BCUT2D eigenvalue weighted by atomic mass is 16.3. The predicted molar refractivity (Wildman–Crippen MR) is 51.5 cm³/mol. The lowest BCUT2D eigenvalue weighted by atomic mass is 9.79. The van der Waals surface area contributed by atoms with E-state index in [-0.39, 0.29) is 6.10 Å². The van der Waals surface area contributed by atoms with E-state index in [1.807, 2.05) is 6.07 Å². The molecule has 0 saturated heterocycles. The van der Waals surface area contributed by atoms with Crippen molar-refractivity contribution < 1.29 is 5.11 Å². The molecule has 0 amide bonds. The first-order valence-electron chi connectivity index (χ1n) is 5.09. The number of benzene rings is 1. The van der Waals surface area contributed by atoms with Gasteiger partial charge in [0.05, 0.1) is 6.10 Å². The second-order valence-electron chi connectivity index (χ2n) is 4.42. The van der Waals surface area contributed by atoms with Crippen LogP contribution in [0.25, 0.3) is 0 Å². The summed E-state index contributed by atoms with van der Waals surface area (Å²) in [5.41, 5.74) is 3.09. The molecule has 1 nitrogen and oxygen atoms in total. The SMILES string of the molecule is OC1CCC2(CC2)c2ccccc21. The zero-order valence-electron chi connectivity index (χ0n) is 7.66. The first-order chi connectivity index (χ1) is 6.32. The number of hydrogen-bond acceptors (Lipinski definition) is 1. The van der Waals surface area contributed by atoms with Crippen molar-refractivity contribution >= 4 is 0 Å². The fourth-order valence-electron chi connectivity index (χ4n) is 2.64. The second kappa shape index (κ2) is 2.36. The third kappa shape index (κ3) is 0.969. The van der Waals surface area contributed by atoms with Crippen molar-refractivity contribution in [1.29, 1.82) is 0 Å². The number of hydrogen-bond donors (Lipinski definition) is 1. The van der Waals surface area contributed by atoms with Crippen LogP contribution < -0.4 is 0 Å². The molecule has 0 heterocycles. The van der Waals surface area contributed by atoms with Crippen molar-refractivity contribution in [1.82, 2.24) is 0 Å². The van der Waals surface area contributed by atoms with E-state index < -0.39 is 0 Å². The van der Waals surface area contributed by atoms with Crippen molar-refractivity contribution in [3.63, 3.8) is 0 Å². The van der Waals surface area contributed by atoms with Crippen molar-refractivity contribution in [2.24, 2.45) is 0 Å². The van der Waals surface area contributed by atoms with E-state index in [4.69, 9.17) is 0 Å². The fraction of sp³-hybridized carbons (Fsp3) is 0.500. The molecular weight excluding hydrogens is 160 g/mol. The summed E-state index contributed by atoms with van der Waals surface area (Å²) in [6, 6.07) is 8.41. The van der Waals surface area contributed by atoms with Crippen LogP contribution >= 0.6 is 0 Å². The van der Waals surface area contributed by atoms with Crippen LogP contribution in [0.2, 0.25) is 0 Å². The molecule has 0 bridgehead atoms. The molecule has 3 rings (SSSR count). The van der Waals surface area contributed by atoms with Gasteiger partial charge in [0.25, 0.3) is 0 Å². The van der Waals surface area contributed by atoms with Gasteiger partial charge in [0.1, 0.15) is 0 Å². The van der Waals surface area contributed by atoms with Gasteiger partial charge in [-0.3, -0.25) is 0 Å². The second-order valence-corrected chi connectivity index (χ2v) is 4.42. The highest BCUT2D eigenvalue weighted by molar-refractivity contribution is 5.41. The molecule has 13 heavy (non-hydrogen) atoms. The zero-order chi connectivity index (χ0) is 8.89. The minimum Gasteiger partial charge on any atom is -0.388 e. The predicted octanol–water partition coefficient (Wildman–Crippen LogP) is 2.55. The van der Waals surface area contributed by atoms with Gasteiger partial charge < -0.3 is 5.11 Å². The molecule has 2 aliphatic rings. The third-order valence-electron chi connectivity index (χ3n) is 3.64. The fourth-order valence-corrected chi connectivity index (χ4v) is 2.64. The average molecular weight is 174 g/mol. The molecule has 68 valence electrons. The summed E-state index contributed by atoms with van der Waals surface area (Å²) < 4.78 is 0. The summed E-state index contributed by atoms with van der Waals surface area (Å²) in [6.07, 6.45) is 4.60. The molecule has 1 heteroatoms. The van der Waals surface area contributed by atoms with Gasteiger partial charge >= 0.3 is 0 Å². The van der Waals surface area contributed by atoms with Crippen LogP contribution in [0, 0.1) is 0 Å². The molecule has 0 radical (unpaired) electrons. The summed E-state index contributed by atoms with van der Waals surface area (Å²) in [4.78, 5) is 0. The van der Waals surface area contributed by atoms with Crippen LogP contribution in [0.5, 0.6) is 0 Å². The van der Waals surface area contributed by atoms with Crippen LogP contribution in [-0.2, 0) is 5.41 Å². The van der Waals surface area contributed by atoms with Crippen molar-refractivity contribution in [3.8, 4) is 0 Å². The van der Waals surface area contributed by atoms with Gasteiger partial charge in [-0.1, -0.05) is 24.3 Å². The van der Waals surface area contributed by atoms with Crippen LogP contribution in [0.1, 0.15) is 42.9 Å². The van der Waals surface area contributed by atoms with Crippen LogP contribution in [0.3, 0.4) is 0 Å². The highest BCUT2D eigenvalue weighted by Gasteiger charge is 2.48. The Hall–Kier alpha value is -0.820. The van der Waals surface area contributed by atoms with E-state index in [0.717, 1.165) is 6.42 Å². The molecule has 1 aromatic rings. The number of aliphatic hydroxyl groups excluding tert-OH is 1. The maximum atomic E-state index is 9.82. The minimum atomic E-state index is -0.206. The largest absolute Gasteiger partial charge is 0.388 e. The van der Waals surface area contributed by atoms with Gasteiger partial charge in [-0.25, -0.2) is 0 Å². The van der Waals surface area contributed by atoms with Gasteiger partial charge in [-0.05, 0) is 42.2 Å². The summed E-state index contributed by atoms with van der Waals surface area (Å²) in [5, 5.41) is 9.82. The highest BCUT2D eigenvalue weighted by Crippen LogP contribution is 2.57. The van der Waals surface area contributed by atoms with Gasteiger partial charge in [0, 0.05) is 0 Å². The lowest BCUT2D eigenvalue weighted by Crippen LogP contribution is -2.19. The summed E-state index contributed by atoms with van der Waals surface area (Å²) >= 11 is 0. The molecule has 1 spiro atoms. The maximum absolute atomic E-state index is 9.82. The molecule has 1 aromatic carbocycles. The molecule has 1 saturated carbocycles.